The van der Waals surface area contributed by atoms with Gasteiger partial charge in [0.1, 0.15) is 4.99 Å². The lowest BCUT2D eigenvalue weighted by atomic mass is 10.1. The van der Waals surface area contributed by atoms with Crippen LogP contribution in [0.4, 0.5) is 5.69 Å². The molecule has 0 saturated carbocycles. The minimum absolute atomic E-state index is 0.272. The SMILES string of the molecule is Cc1cccc(C(N)=S)c1N1CCC(CCO)C1. The second-order valence-electron chi connectivity index (χ2n) is 4.95. The molecule has 1 aliphatic heterocycles. The van der Waals surface area contributed by atoms with E-state index in [2.05, 4.69) is 17.9 Å². The summed E-state index contributed by atoms with van der Waals surface area (Å²) in [6.07, 6.45) is 2.01. The summed E-state index contributed by atoms with van der Waals surface area (Å²) in [7, 11) is 0. The lowest BCUT2D eigenvalue weighted by Gasteiger charge is -2.24. The third-order valence-corrected chi connectivity index (χ3v) is 3.86. The fourth-order valence-corrected chi connectivity index (χ4v) is 2.90. The van der Waals surface area contributed by atoms with Gasteiger partial charge in [-0.1, -0.05) is 24.4 Å². The third-order valence-electron chi connectivity index (χ3n) is 3.64. The van der Waals surface area contributed by atoms with Crippen LogP contribution in [0.1, 0.15) is 24.0 Å². The van der Waals surface area contributed by atoms with E-state index >= 15 is 0 Å². The number of thiocarbonyl (C=S) groups is 1. The standard InChI is InChI=1S/C14H20N2OS/c1-10-3-2-4-12(14(15)18)13(10)16-7-5-11(9-16)6-8-17/h2-4,11,17H,5-9H2,1H3,(H2,15,18). The van der Waals surface area contributed by atoms with Gasteiger partial charge in [0.2, 0.25) is 0 Å². The molecular formula is C14H20N2OS. The molecule has 1 saturated heterocycles. The Morgan fingerprint density at radius 2 is 2.33 bits per heavy atom. The quantitative estimate of drug-likeness (QED) is 0.815. The van der Waals surface area contributed by atoms with Crippen molar-refractivity contribution in [1.82, 2.24) is 0 Å². The molecule has 0 amide bonds. The summed E-state index contributed by atoms with van der Waals surface area (Å²) in [6.45, 7) is 4.37. The number of para-hydroxylation sites is 1. The van der Waals surface area contributed by atoms with Crippen molar-refractivity contribution in [2.24, 2.45) is 11.7 Å². The first-order valence-electron chi connectivity index (χ1n) is 6.38. The summed E-state index contributed by atoms with van der Waals surface area (Å²) < 4.78 is 0. The van der Waals surface area contributed by atoms with Crippen molar-refractivity contribution < 1.29 is 5.11 Å². The van der Waals surface area contributed by atoms with Crippen LogP contribution in [0, 0.1) is 12.8 Å². The molecule has 1 fully saturated rings. The number of anilines is 1. The highest BCUT2D eigenvalue weighted by molar-refractivity contribution is 7.80. The first kappa shape index (κ1) is 13.3. The molecule has 1 aromatic carbocycles. The Bertz CT molecular complexity index is 447. The Hall–Kier alpha value is -1.13. The highest BCUT2D eigenvalue weighted by Gasteiger charge is 2.25. The fraction of sp³-hybridized carbons (Fsp3) is 0.500. The largest absolute Gasteiger partial charge is 0.396 e. The number of nitrogens with two attached hydrogens (primary N) is 1. The average Bonchev–Trinajstić information content (AvgIpc) is 2.77. The summed E-state index contributed by atoms with van der Waals surface area (Å²) in [4.78, 5) is 2.81. The van der Waals surface area contributed by atoms with E-state index in [1.807, 2.05) is 12.1 Å². The number of aryl methyl sites for hydroxylation is 1. The Labute approximate surface area is 114 Å². The molecule has 1 heterocycles. The Kier molecular flexibility index (Phi) is 4.19. The summed E-state index contributed by atoms with van der Waals surface area (Å²) in [5, 5.41) is 9.02. The van der Waals surface area contributed by atoms with Gasteiger partial charge in [0.15, 0.2) is 0 Å². The first-order chi connectivity index (χ1) is 8.63. The predicted molar refractivity (Wildman–Crippen MR) is 79.1 cm³/mol. The Morgan fingerprint density at radius 3 is 3.00 bits per heavy atom. The van der Waals surface area contributed by atoms with E-state index in [9.17, 15) is 0 Å². The van der Waals surface area contributed by atoms with Crippen LogP contribution in [0.15, 0.2) is 18.2 Å². The number of hydrogen-bond donors (Lipinski definition) is 2. The van der Waals surface area contributed by atoms with E-state index < -0.39 is 0 Å². The van der Waals surface area contributed by atoms with Crippen molar-refractivity contribution in [2.45, 2.75) is 19.8 Å². The molecule has 98 valence electrons. The van der Waals surface area contributed by atoms with E-state index in [4.69, 9.17) is 23.1 Å². The van der Waals surface area contributed by atoms with Crippen LogP contribution in [-0.4, -0.2) is 29.8 Å². The molecule has 1 aliphatic rings. The molecule has 1 aromatic rings. The molecule has 4 heteroatoms. The minimum atomic E-state index is 0.272. The van der Waals surface area contributed by atoms with Crippen molar-refractivity contribution in [3.63, 3.8) is 0 Å². The van der Waals surface area contributed by atoms with Crippen LogP contribution < -0.4 is 10.6 Å². The minimum Gasteiger partial charge on any atom is -0.396 e. The van der Waals surface area contributed by atoms with Crippen molar-refractivity contribution in [3.05, 3.63) is 29.3 Å². The highest BCUT2D eigenvalue weighted by Crippen LogP contribution is 2.31. The average molecular weight is 264 g/mol. The molecule has 1 unspecified atom stereocenters. The maximum atomic E-state index is 9.02. The number of aliphatic hydroxyl groups is 1. The molecular weight excluding hydrogens is 244 g/mol. The van der Waals surface area contributed by atoms with Gasteiger partial charge in [0.25, 0.3) is 0 Å². The van der Waals surface area contributed by atoms with Crippen LogP contribution in [0.5, 0.6) is 0 Å². The van der Waals surface area contributed by atoms with Gasteiger partial charge >= 0.3 is 0 Å². The van der Waals surface area contributed by atoms with Crippen LogP contribution in [0.25, 0.3) is 0 Å². The van der Waals surface area contributed by atoms with Crippen LogP contribution in [-0.2, 0) is 0 Å². The smallest absolute Gasteiger partial charge is 0.106 e. The molecule has 1 atom stereocenters. The van der Waals surface area contributed by atoms with Gasteiger partial charge in [-0.25, -0.2) is 0 Å². The molecule has 3 N–H and O–H groups in total. The third kappa shape index (κ3) is 2.65. The zero-order valence-electron chi connectivity index (χ0n) is 10.7. The molecule has 0 radical (unpaired) electrons. The Morgan fingerprint density at radius 1 is 1.56 bits per heavy atom. The lowest BCUT2D eigenvalue weighted by molar-refractivity contribution is 0.263. The van der Waals surface area contributed by atoms with Gasteiger partial charge < -0.3 is 15.7 Å². The van der Waals surface area contributed by atoms with Gasteiger partial charge in [0.05, 0.1) is 0 Å². The van der Waals surface area contributed by atoms with E-state index in [1.54, 1.807) is 0 Å². The predicted octanol–water partition coefficient (Wildman–Crippen LogP) is 1.84. The van der Waals surface area contributed by atoms with E-state index in [0.29, 0.717) is 10.9 Å². The molecule has 0 spiro atoms. The van der Waals surface area contributed by atoms with Gasteiger partial charge in [0, 0.05) is 30.9 Å². The van der Waals surface area contributed by atoms with E-state index in [-0.39, 0.29) is 6.61 Å². The summed E-state index contributed by atoms with van der Waals surface area (Å²) in [6, 6.07) is 6.08. The van der Waals surface area contributed by atoms with Crippen LogP contribution >= 0.6 is 12.2 Å². The number of rotatable bonds is 4. The summed E-state index contributed by atoms with van der Waals surface area (Å²) in [5.74, 6) is 0.578. The summed E-state index contributed by atoms with van der Waals surface area (Å²) >= 11 is 5.14. The fourth-order valence-electron chi connectivity index (χ4n) is 2.73. The van der Waals surface area contributed by atoms with E-state index in [0.717, 1.165) is 31.5 Å². The number of aliphatic hydroxyl groups excluding tert-OH is 1. The summed E-state index contributed by atoms with van der Waals surface area (Å²) in [5.41, 5.74) is 9.16. The number of benzene rings is 1. The zero-order chi connectivity index (χ0) is 13.1. The van der Waals surface area contributed by atoms with Crippen LogP contribution in [0.3, 0.4) is 0 Å². The van der Waals surface area contributed by atoms with E-state index in [1.165, 1.54) is 11.3 Å². The maximum absolute atomic E-state index is 9.02. The first-order valence-corrected chi connectivity index (χ1v) is 6.79. The molecule has 3 nitrogen and oxygen atoms in total. The van der Waals surface area contributed by atoms with Gasteiger partial charge in [-0.15, -0.1) is 0 Å². The molecule has 0 aliphatic carbocycles. The second-order valence-corrected chi connectivity index (χ2v) is 5.39. The molecule has 0 bridgehead atoms. The Balaban J connectivity index is 2.26. The van der Waals surface area contributed by atoms with Crippen molar-refractivity contribution in [1.29, 1.82) is 0 Å². The number of nitrogens with zero attached hydrogens (tertiary/aromatic N) is 1. The number of hydrogen-bond acceptors (Lipinski definition) is 3. The van der Waals surface area contributed by atoms with Gasteiger partial charge in [-0.3, -0.25) is 0 Å². The molecule has 18 heavy (non-hydrogen) atoms. The normalized spacial score (nSPS) is 19.2. The zero-order valence-corrected chi connectivity index (χ0v) is 11.5. The maximum Gasteiger partial charge on any atom is 0.106 e. The van der Waals surface area contributed by atoms with Gasteiger partial charge in [-0.2, -0.15) is 0 Å². The molecule has 0 aromatic heterocycles. The molecule has 2 rings (SSSR count). The second kappa shape index (κ2) is 5.67. The topological polar surface area (TPSA) is 49.5 Å². The van der Waals surface area contributed by atoms with Crippen molar-refractivity contribution in [2.75, 3.05) is 24.6 Å². The monoisotopic (exact) mass is 264 g/mol. The van der Waals surface area contributed by atoms with Crippen LogP contribution in [0.2, 0.25) is 0 Å². The van der Waals surface area contributed by atoms with Crippen molar-refractivity contribution in [3.8, 4) is 0 Å². The lowest BCUT2D eigenvalue weighted by Crippen LogP contribution is -2.25. The van der Waals surface area contributed by atoms with Crippen molar-refractivity contribution >= 4 is 22.9 Å². The van der Waals surface area contributed by atoms with Gasteiger partial charge in [-0.05, 0) is 37.3 Å². The highest BCUT2D eigenvalue weighted by atomic mass is 32.1.